The maximum Gasteiger partial charge on any atom is 0.303 e. The predicted octanol–water partition coefficient (Wildman–Crippen LogP) is 3.05. The van der Waals surface area contributed by atoms with E-state index >= 15 is 0 Å². The van der Waals surface area contributed by atoms with Gasteiger partial charge in [-0.2, -0.15) is 0 Å². The average molecular weight is 222 g/mol. The molecule has 80 valence electrons. The number of thioether (sulfide) groups is 1. The molecule has 1 aromatic carbocycles. The summed E-state index contributed by atoms with van der Waals surface area (Å²) in [7, 11) is 0. The van der Waals surface area contributed by atoms with Gasteiger partial charge in [0.15, 0.2) is 0 Å². The summed E-state index contributed by atoms with van der Waals surface area (Å²) in [6.07, 6.45) is 1.24. The quantitative estimate of drug-likeness (QED) is 0.835. The summed E-state index contributed by atoms with van der Waals surface area (Å²) in [6, 6.07) is 6.34. The molecule has 0 spiro atoms. The third kappa shape index (κ3) is 2.34. The average Bonchev–Trinajstić information content (AvgIpc) is 2.18. The number of carboxylic acid groups (broad SMARTS) is 1. The first-order valence-electron chi connectivity index (χ1n) is 5.12. The van der Waals surface area contributed by atoms with Crippen LogP contribution >= 0.6 is 11.8 Å². The monoisotopic (exact) mass is 222 g/mol. The summed E-state index contributed by atoms with van der Waals surface area (Å²) in [5.41, 5.74) is 2.44. The van der Waals surface area contributed by atoms with Crippen molar-refractivity contribution in [2.45, 2.75) is 30.6 Å². The zero-order chi connectivity index (χ0) is 10.8. The van der Waals surface area contributed by atoms with E-state index < -0.39 is 5.97 Å². The van der Waals surface area contributed by atoms with Crippen molar-refractivity contribution in [1.82, 2.24) is 0 Å². The maximum absolute atomic E-state index is 10.8. The summed E-state index contributed by atoms with van der Waals surface area (Å²) < 4.78 is 0. The molecule has 0 radical (unpaired) electrons. The highest BCUT2D eigenvalue weighted by Gasteiger charge is 2.22. The summed E-state index contributed by atoms with van der Waals surface area (Å²) >= 11 is 1.84. The van der Waals surface area contributed by atoms with Gasteiger partial charge in [-0.15, -0.1) is 11.8 Å². The number of fused-ring (bicyclic) bond motifs is 1. The Morgan fingerprint density at radius 2 is 2.40 bits per heavy atom. The summed E-state index contributed by atoms with van der Waals surface area (Å²) in [5, 5.41) is 8.85. The minimum Gasteiger partial charge on any atom is -0.481 e. The lowest BCUT2D eigenvalue weighted by atomic mass is 9.91. The Morgan fingerprint density at radius 3 is 3.13 bits per heavy atom. The molecule has 0 aliphatic carbocycles. The van der Waals surface area contributed by atoms with Crippen LogP contribution in [0.5, 0.6) is 0 Å². The topological polar surface area (TPSA) is 37.3 Å². The molecule has 3 heteroatoms. The molecule has 1 unspecified atom stereocenters. The first-order chi connectivity index (χ1) is 7.16. The van der Waals surface area contributed by atoms with Crippen LogP contribution in [0.4, 0.5) is 0 Å². The van der Waals surface area contributed by atoms with E-state index in [0.29, 0.717) is 0 Å². The van der Waals surface area contributed by atoms with E-state index in [-0.39, 0.29) is 12.3 Å². The van der Waals surface area contributed by atoms with Crippen molar-refractivity contribution in [3.05, 3.63) is 29.3 Å². The highest BCUT2D eigenvalue weighted by Crippen LogP contribution is 2.39. The van der Waals surface area contributed by atoms with Crippen LogP contribution in [0.3, 0.4) is 0 Å². The number of rotatable bonds is 2. The van der Waals surface area contributed by atoms with Gasteiger partial charge in [0.2, 0.25) is 0 Å². The Balaban J connectivity index is 2.32. The standard InChI is InChI=1S/C12H14O2S/c1-8-2-3-11-10(6-8)9(4-5-15-11)7-12(13)14/h2-3,6,9H,4-5,7H2,1H3,(H,13,14). The van der Waals surface area contributed by atoms with Gasteiger partial charge in [-0.25, -0.2) is 0 Å². The SMILES string of the molecule is Cc1ccc2c(c1)C(CC(=O)O)CCS2. The molecule has 1 heterocycles. The molecule has 1 aromatic rings. The Hall–Kier alpha value is -0.960. The second-order valence-corrected chi connectivity index (χ2v) is 5.11. The molecule has 0 aromatic heterocycles. The van der Waals surface area contributed by atoms with Gasteiger partial charge >= 0.3 is 5.97 Å². The van der Waals surface area contributed by atoms with Crippen molar-refractivity contribution in [3.63, 3.8) is 0 Å². The molecule has 0 saturated heterocycles. The predicted molar refractivity (Wildman–Crippen MR) is 61.5 cm³/mol. The maximum atomic E-state index is 10.8. The van der Waals surface area contributed by atoms with E-state index in [1.807, 2.05) is 11.8 Å². The number of hydrogen-bond acceptors (Lipinski definition) is 2. The highest BCUT2D eigenvalue weighted by molar-refractivity contribution is 7.99. The third-order valence-electron chi connectivity index (χ3n) is 2.75. The first kappa shape index (κ1) is 10.6. The fraction of sp³-hybridized carbons (Fsp3) is 0.417. The molecule has 1 aliphatic heterocycles. The Labute approximate surface area is 93.7 Å². The van der Waals surface area contributed by atoms with Crippen LogP contribution in [-0.2, 0) is 4.79 Å². The zero-order valence-electron chi connectivity index (χ0n) is 8.69. The molecule has 0 fully saturated rings. The fourth-order valence-corrected chi connectivity index (χ4v) is 3.19. The largest absolute Gasteiger partial charge is 0.481 e. The molecule has 2 rings (SSSR count). The Bertz CT molecular complexity index is 387. The molecule has 1 atom stereocenters. The second kappa shape index (κ2) is 4.27. The third-order valence-corrected chi connectivity index (χ3v) is 3.87. The lowest BCUT2D eigenvalue weighted by molar-refractivity contribution is -0.137. The number of carboxylic acids is 1. The number of carbonyl (C=O) groups is 1. The molecular weight excluding hydrogens is 208 g/mol. The molecule has 0 saturated carbocycles. The van der Waals surface area contributed by atoms with Crippen molar-refractivity contribution >= 4 is 17.7 Å². The van der Waals surface area contributed by atoms with Gasteiger partial charge < -0.3 is 5.11 Å². The number of benzene rings is 1. The van der Waals surface area contributed by atoms with E-state index in [2.05, 4.69) is 25.1 Å². The van der Waals surface area contributed by atoms with E-state index in [9.17, 15) is 4.79 Å². The van der Waals surface area contributed by atoms with Crippen LogP contribution in [0.25, 0.3) is 0 Å². The zero-order valence-corrected chi connectivity index (χ0v) is 9.51. The van der Waals surface area contributed by atoms with Gasteiger partial charge in [0.05, 0.1) is 6.42 Å². The van der Waals surface area contributed by atoms with E-state index in [1.54, 1.807) is 0 Å². The first-order valence-corrected chi connectivity index (χ1v) is 6.10. The second-order valence-electron chi connectivity index (χ2n) is 3.97. The lowest BCUT2D eigenvalue weighted by Gasteiger charge is -2.24. The normalized spacial score (nSPS) is 19.7. The van der Waals surface area contributed by atoms with Crippen molar-refractivity contribution in [1.29, 1.82) is 0 Å². The van der Waals surface area contributed by atoms with E-state index in [4.69, 9.17) is 5.11 Å². The summed E-state index contributed by atoms with van der Waals surface area (Å²) in [4.78, 5) is 12.0. The van der Waals surface area contributed by atoms with Crippen LogP contribution in [0.15, 0.2) is 23.1 Å². The number of aryl methyl sites for hydroxylation is 1. The molecule has 0 bridgehead atoms. The van der Waals surface area contributed by atoms with Gasteiger partial charge in [0.1, 0.15) is 0 Å². The van der Waals surface area contributed by atoms with Gasteiger partial charge in [-0.3, -0.25) is 4.79 Å². The van der Waals surface area contributed by atoms with E-state index in [0.717, 1.165) is 12.2 Å². The van der Waals surface area contributed by atoms with Crippen LogP contribution < -0.4 is 0 Å². The summed E-state index contributed by atoms with van der Waals surface area (Å²) in [5.74, 6) is 0.548. The van der Waals surface area contributed by atoms with Gasteiger partial charge in [0, 0.05) is 4.90 Å². The number of hydrogen-bond donors (Lipinski definition) is 1. The molecule has 0 amide bonds. The van der Waals surface area contributed by atoms with Gasteiger partial charge in [0.25, 0.3) is 0 Å². The fourth-order valence-electron chi connectivity index (χ4n) is 2.01. The molecule has 15 heavy (non-hydrogen) atoms. The molecular formula is C12H14O2S. The molecule has 1 N–H and O–H groups in total. The van der Waals surface area contributed by atoms with Gasteiger partial charge in [-0.05, 0) is 36.6 Å². The lowest BCUT2D eigenvalue weighted by Crippen LogP contribution is -2.12. The van der Waals surface area contributed by atoms with Crippen molar-refractivity contribution in [2.24, 2.45) is 0 Å². The Morgan fingerprint density at radius 1 is 1.60 bits per heavy atom. The van der Waals surface area contributed by atoms with Crippen LogP contribution in [0, 0.1) is 6.92 Å². The van der Waals surface area contributed by atoms with Gasteiger partial charge in [-0.1, -0.05) is 17.7 Å². The smallest absolute Gasteiger partial charge is 0.303 e. The minimum atomic E-state index is -0.695. The van der Waals surface area contributed by atoms with Crippen LogP contribution in [0.2, 0.25) is 0 Å². The van der Waals surface area contributed by atoms with Crippen LogP contribution in [0.1, 0.15) is 29.9 Å². The van der Waals surface area contributed by atoms with Crippen molar-refractivity contribution in [3.8, 4) is 0 Å². The van der Waals surface area contributed by atoms with Crippen molar-refractivity contribution in [2.75, 3.05) is 5.75 Å². The van der Waals surface area contributed by atoms with E-state index in [1.165, 1.54) is 16.0 Å². The number of aliphatic carboxylic acids is 1. The minimum absolute atomic E-state index is 0.207. The van der Waals surface area contributed by atoms with Crippen LogP contribution in [-0.4, -0.2) is 16.8 Å². The summed E-state index contributed by atoms with van der Waals surface area (Å²) in [6.45, 7) is 2.05. The Kier molecular flexibility index (Phi) is 3.00. The highest BCUT2D eigenvalue weighted by atomic mass is 32.2. The molecule has 2 nitrogen and oxygen atoms in total. The molecule has 1 aliphatic rings. The van der Waals surface area contributed by atoms with Crippen molar-refractivity contribution < 1.29 is 9.90 Å².